The first-order valence-electron chi connectivity index (χ1n) is 9.98. The highest BCUT2D eigenvalue weighted by atomic mass is 32.2. The van der Waals surface area contributed by atoms with Crippen molar-refractivity contribution in [3.8, 4) is 11.5 Å². The summed E-state index contributed by atoms with van der Waals surface area (Å²) in [5, 5.41) is 11.6. The third-order valence-corrected chi connectivity index (χ3v) is 6.06. The first kappa shape index (κ1) is 19.0. The zero-order valence-corrected chi connectivity index (χ0v) is 17.1. The van der Waals surface area contributed by atoms with Crippen LogP contribution in [0.3, 0.4) is 0 Å². The van der Waals surface area contributed by atoms with Gasteiger partial charge in [0.2, 0.25) is 12.0 Å². The van der Waals surface area contributed by atoms with Crippen LogP contribution in [0, 0.1) is 0 Å². The van der Waals surface area contributed by atoms with E-state index >= 15 is 0 Å². The van der Waals surface area contributed by atoms with Crippen LogP contribution in [0.5, 0.6) is 11.5 Å². The molecule has 1 amide bonds. The van der Waals surface area contributed by atoms with Crippen LogP contribution >= 0.6 is 11.8 Å². The van der Waals surface area contributed by atoms with Gasteiger partial charge in [0, 0.05) is 0 Å². The molecule has 7 nitrogen and oxygen atoms in total. The lowest BCUT2D eigenvalue weighted by molar-refractivity contribution is -0.119. The zero-order chi connectivity index (χ0) is 20.3. The summed E-state index contributed by atoms with van der Waals surface area (Å²) in [5.41, 5.74) is 2.54. The van der Waals surface area contributed by atoms with Crippen molar-refractivity contribution in [3.05, 3.63) is 65.5 Å². The SMILES string of the molecule is O=C(CSc1nnc([C@@H]2COc3ccccc3O2)o1)N[C@@H]1CCCc2ccccc21. The van der Waals surface area contributed by atoms with E-state index in [1.807, 2.05) is 36.4 Å². The van der Waals surface area contributed by atoms with Gasteiger partial charge >= 0.3 is 0 Å². The summed E-state index contributed by atoms with van der Waals surface area (Å²) in [6.07, 6.45) is 2.64. The highest BCUT2D eigenvalue weighted by molar-refractivity contribution is 7.99. The number of amides is 1. The van der Waals surface area contributed by atoms with E-state index in [9.17, 15) is 4.79 Å². The molecule has 8 heteroatoms. The predicted molar refractivity (Wildman–Crippen MR) is 111 cm³/mol. The van der Waals surface area contributed by atoms with Gasteiger partial charge in [-0.3, -0.25) is 4.79 Å². The van der Waals surface area contributed by atoms with Crippen molar-refractivity contribution in [2.24, 2.45) is 0 Å². The van der Waals surface area contributed by atoms with Crippen LogP contribution in [0.4, 0.5) is 0 Å². The molecule has 30 heavy (non-hydrogen) atoms. The van der Waals surface area contributed by atoms with E-state index in [1.54, 1.807) is 0 Å². The molecule has 0 unspecified atom stereocenters. The van der Waals surface area contributed by atoms with E-state index in [0.29, 0.717) is 29.2 Å². The summed E-state index contributed by atoms with van der Waals surface area (Å²) in [7, 11) is 0. The maximum atomic E-state index is 12.5. The lowest BCUT2D eigenvalue weighted by Gasteiger charge is -2.26. The van der Waals surface area contributed by atoms with Crippen molar-refractivity contribution >= 4 is 17.7 Å². The van der Waals surface area contributed by atoms with Gasteiger partial charge in [-0.05, 0) is 42.5 Å². The lowest BCUT2D eigenvalue weighted by atomic mass is 9.88. The molecule has 5 rings (SSSR count). The van der Waals surface area contributed by atoms with Gasteiger partial charge in [-0.2, -0.15) is 0 Å². The van der Waals surface area contributed by atoms with Crippen molar-refractivity contribution in [1.29, 1.82) is 0 Å². The molecule has 1 aromatic heterocycles. The smallest absolute Gasteiger partial charge is 0.277 e. The van der Waals surface area contributed by atoms with Crippen LogP contribution in [0.1, 0.15) is 42.0 Å². The molecule has 154 valence electrons. The first-order chi connectivity index (χ1) is 14.8. The summed E-state index contributed by atoms with van der Waals surface area (Å²) in [6.45, 7) is 0.297. The van der Waals surface area contributed by atoms with Gasteiger partial charge < -0.3 is 19.2 Å². The molecule has 1 N–H and O–H groups in total. The average molecular weight is 423 g/mol. The number of hydrogen-bond acceptors (Lipinski definition) is 7. The maximum absolute atomic E-state index is 12.5. The number of ether oxygens (including phenoxy) is 2. The van der Waals surface area contributed by atoms with E-state index in [2.05, 4.69) is 27.6 Å². The van der Waals surface area contributed by atoms with Gasteiger partial charge in [0.05, 0.1) is 11.8 Å². The van der Waals surface area contributed by atoms with E-state index in [0.717, 1.165) is 19.3 Å². The van der Waals surface area contributed by atoms with Crippen molar-refractivity contribution < 1.29 is 18.7 Å². The Kier molecular flexibility index (Phi) is 5.31. The lowest BCUT2D eigenvalue weighted by Crippen LogP contribution is -2.32. The van der Waals surface area contributed by atoms with E-state index in [1.165, 1.54) is 22.9 Å². The molecule has 1 aliphatic carbocycles. The van der Waals surface area contributed by atoms with Crippen LogP contribution in [0.2, 0.25) is 0 Å². The molecule has 0 radical (unpaired) electrons. The second-order valence-electron chi connectivity index (χ2n) is 7.27. The van der Waals surface area contributed by atoms with Crippen LogP contribution in [-0.4, -0.2) is 28.5 Å². The van der Waals surface area contributed by atoms with Crippen LogP contribution in [0.25, 0.3) is 0 Å². The molecule has 3 aromatic rings. The highest BCUT2D eigenvalue weighted by Crippen LogP contribution is 2.36. The quantitative estimate of drug-likeness (QED) is 0.624. The largest absolute Gasteiger partial charge is 0.485 e. The number of fused-ring (bicyclic) bond motifs is 2. The summed E-state index contributed by atoms with van der Waals surface area (Å²) in [6, 6.07) is 15.8. The minimum absolute atomic E-state index is 0.0485. The monoisotopic (exact) mass is 423 g/mol. The molecule has 0 bridgehead atoms. The standard InChI is InChI=1S/C22H21N3O4S/c26-20(23-16-9-5-7-14-6-1-2-8-15(14)16)13-30-22-25-24-21(29-22)19-12-27-17-10-3-4-11-18(17)28-19/h1-4,6,8,10-11,16,19H,5,7,9,12-13H2,(H,23,26)/t16-,19+/m1/s1. The number of carbonyl (C=O) groups excluding carboxylic acids is 1. The molecule has 0 saturated heterocycles. The number of aromatic nitrogens is 2. The van der Waals surface area contributed by atoms with Crippen molar-refractivity contribution in [1.82, 2.24) is 15.5 Å². The fourth-order valence-corrected chi connectivity index (χ4v) is 4.40. The number of thioether (sulfide) groups is 1. The molecule has 2 heterocycles. The third kappa shape index (κ3) is 4.00. The number of aryl methyl sites for hydroxylation is 1. The number of para-hydroxylation sites is 2. The summed E-state index contributed by atoms with van der Waals surface area (Å²) >= 11 is 1.22. The van der Waals surface area contributed by atoms with Crippen molar-refractivity contribution in [2.75, 3.05) is 12.4 Å². The molecule has 1 aliphatic heterocycles. The molecule has 2 aliphatic rings. The van der Waals surface area contributed by atoms with Gasteiger partial charge in [-0.25, -0.2) is 0 Å². The summed E-state index contributed by atoms with van der Waals surface area (Å²) in [5.74, 6) is 1.85. The topological polar surface area (TPSA) is 86.5 Å². The first-order valence-corrected chi connectivity index (χ1v) is 11.0. The van der Waals surface area contributed by atoms with E-state index in [4.69, 9.17) is 13.9 Å². The molecule has 2 aromatic carbocycles. The minimum atomic E-state index is -0.464. The Morgan fingerprint density at radius 1 is 1.10 bits per heavy atom. The van der Waals surface area contributed by atoms with E-state index in [-0.39, 0.29) is 17.7 Å². The maximum Gasteiger partial charge on any atom is 0.277 e. The number of nitrogens with one attached hydrogen (secondary N) is 1. The number of rotatable bonds is 5. The number of nitrogens with zero attached hydrogens (tertiary/aromatic N) is 2. The predicted octanol–water partition coefficient (Wildman–Crippen LogP) is 3.87. The van der Waals surface area contributed by atoms with Crippen molar-refractivity contribution in [3.63, 3.8) is 0 Å². The second-order valence-corrected chi connectivity index (χ2v) is 8.20. The Morgan fingerprint density at radius 2 is 1.93 bits per heavy atom. The van der Waals surface area contributed by atoms with Gasteiger partial charge in [-0.1, -0.05) is 48.2 Å². The van der Waals surface area contributed by atoms with Gasteiger partial charge in [0.25, 0.3) is 11.1 Å². The van der Waals surface area contributed by atoms with Gasteiger partial charge in [0.15, 0.2) is 11.5 Å². The number of hydrogen-bond donors (Lipinski definition) is 1. The van der Waals surface area contributed by atoms with Crippen LogP contribution in [0.15, 0.2) is 58.2 Å². The normalized spacial score (nSPS) is 19.7. The van der Waals surface area contributed by atoms with Gasteiger partial charge in [0.1, 0.15) is 6.61 Å². The molecular weight excluding hydrogens is 402 g/mol. The minimum Gasteiger partial charge on any atom is -0.485 e. The van der Waals surface area contributed by atoms with Crippen molar-refractivity contribution in [2.45, 2.75) is 36.6 Å². The highest BCUT2D eigenvalue weighted by Gasteiger charge is 2.27. The van der Waals surface area contributed by atoms with Crippen LogP contribution < -0.4 is 14.8 Å². The Morgan fingerprint density at radius 3 is 2.87 bits per heavy atom. The fourth-order valence-electron chi connectivity index (χ4n) is 3.82. The average Bonchev–Trinajstić information content (AvgIpc) is 3.27. The summed E-state index contributed by atoms with van der Waals surface area (Å²) in [4.78, 5) is 12.5. The van der Waals surface area contributed by atoms with Crippen LogP contribution in [-0.2, 0) is 11.2 Å². The van der Waals surface area contributed by atoms with Gasteiger partial charge in [-0.15, -0.1) is 10.2 Å². The number of benzene rings is 2. The molecule has 2 atom stereocenters. The third-order valence-electron chi connectivity index (χ3n) is 5.24. The Balaban J connectivity index is 1.16. The zero-order valence-electron chi connectivity index (χ0n) is 16.2. The molecule has 0 saturated carbocycles. The molecule has 0 fully saturated rings. The second kappa shape index (κ2) is 8.39. The molecular formula is C22H21N3O4S. The molecule has 0 spiro atoms. The Hall–Kier alpha value is -3.00. The Labute approximate surface area is 178 Å². The number of carbonyl (C=O) groups is 1. The summed E-state index contributed by atoms with van der Waals surface area (Å²) < 4.78 is 17.3. The Bertz CT molecular complexity index is 1050. The van der Waals surface area contributed by atoms with E-state index < -0.39 is 6.10 Å². The fraction of sp³-hybridized carbons (Fsp3) is 0.318.